The lowest BCUT2D eigenvalue weighted by atomic mass is 9.89. The van der Waals surface area contributed by atoms with Gasteiger partial charge in [-0.1, -0.05) is 25.2 Å². The monoisotopic (exact) mass is 380 g/mol. The minimum atomic E-state index is -0.204. The number of aliphatic hydroxyl groups excluding tert-OH is 1. The Bertz CT molecular complexity index is 519. The standard InChI is InChI=1S/C22H36O5/c1-5-6-17-14-21(24)27-20(11-12-25-4)15(2)13-16(3)22(17)26-19-9-7-18(23)8-10-19/h5-6,13,15,17-20,22-23H,7-12,14H2,1-4H3/b6-5-,16-13+/t15-,17-,18?,19?,20-,22?/m1/s1. The van der Waals surface area contributed by atoms with E-state index in [1.807, 2.05) is 13.0 Å². The van der Waals surface area contributed by atoms with Crippen molar-refractivity contribution in [2.45, 2.75) is 83.7 Å². The number of carbonyl (C=O) groups excluding carboxylic acids is 1. The summed E-state index contributed by atoms with van der Waals surface area (Å²) in [6.07, 6.45) is 10.1. The molecule has 1 heterocycles. The number of carbonyl (C=O) groups is 1. The number of methoxy groups -OCH3 is 1. The van der Waals surface area contributed by atoms with Crippen LogP contribution in [0.25, 0.3) is 0 Å². The molecule has 1 unspecified atom stereocenters. The van der Waals surface area contributed by atoms with Crippen molar-refractivity contribution in [1.82, 2.24) is 0 Å². The maximum absolute atomic E-state index is 12.6. The maximum atomic E-state index is 12.6. The molecule has 1 fully saturated rings. The third-order valence-corrected chi connectivity index (χ3v) is 5.66. The molecule has 1 saturated carbocycles. The van der Waals surface area contributed by atoms with Crippen LogP contribution in [0.4, 0.5) is 0 Å². The molecular formula is C22H36O5. The molecule has 0 aromatic carbocycles. The van der Waals surface area contributed by atoms with Crippen molar-refractivity contribution in [2.24, 2.45) is 11.8 Å². The van der Waals surface area contributed by atoms with Crippen LogP contribution in [0.1, 0.15) is 59.3 Å². The number of allylic oxidation sites excluding steroid dienone is 1. The Morgan fingerprint density at radius 1 is 1.30 bits per heavy atom. The summed E-state index contributed by atoms with van der Waals surface area (Å²) < 4.78 is 17.5. The highest BCUT2D eigenvalue weighted by Crippen LogP contribution is 2.31. The smallest absolute Gasteiger partial charge is 0.306 e. The summed E-state index contributed by atoms with van der Waals surface area (Å²) in [5.74, 6) is -0.117. The van der Waals surface area contributed by atoms with Crippen LogP contribution in [0.15, 0.2) is 23.8 Å². The highest BCUT2D eigenvalue weighted by Gasteiger charge is 2.33. The zero-order valence-electron chi connectivity index (χ0n) is 17.2. The topological polar surface area (TPSA) is 65.0 Å². The molecule has 27 heavy (non-hydrogen) atoms. The average molecular weight is 381 g/mol. The summed E-state index contributed by atoms with van der Waals surface area (Å²) in [6.45, 7) is 6.71. The summed E-state index contributed by atoms with van der Waals surface area (Å²) in [4.78, 5) is 12.6. The fourth-order valence-electron chi connectivity index (χ4n) is 4.15. The molecule has 0 bridgehead atoms. The van der Waals surface area contributed by atoms with Gasteiger partial charge in [-0.3, -0.25) is 4.79 Å². The van der Waals surface area contributed by atoms with Crippen LogP contribution in [0, 0.1) is 11.8 Å². The van der Waals surface area contributed by atoms with Crippen LogP contribution in [-0.2, 0) is 19.0 Å². The van der Waals surface area contributed by atoms with E-state index in [2.05, 4.69) is 26.0 Å². The number of rotatable bonds is 6. The van der Waals surface area contributed by atoms with Gasteiger partial charge in [-0.05, 0) is 45.1 Å². The molecule has 0 spiro atoms. The van der Waals surface area contributed by atoms with Crippen LogP contribution in [0.2, 0.25) is 0 Å². The second kappa shape index (κ2) is 11.0. The van der Waals surface area contributed by atoms with Gasteiger partial charge >= 0.3 is 5.97 Å². The van der Waals surface area contributed by atoms with Crippen LogP contribution in [-0.4, -0.2) is 49.2 Å². The first kappa shape index (κ1) is 22.1. The minimum Gasteiger partial charge on any atom is -0.462 e. The average Bonchev–Trinajstić information content (AvgIpc) is 2.67. The molecule has 5 nitrogen and oxygen atoms in total. The van der Waals surface area contributed by atoms with Gasteiger partial charge in [-0.15, -0.1) is 0 Å². The van der Waals surface area contributed by atoms with Crippen LogP contribution < -0.4 is 0 Å². The molecule has 154 valence electrons. The summed E-state index contributed by atoms with van der Waals surface area (Å²) in [6, 6.07) is 0. The second-order valence-electron chi connectivity index (χ2n) is 7.96. The Hall–Kier alpha value is -1.17. The summed E-state index contributed by atoms with van der Waals surface area (Å²) in [5, 5.41) is 9.76. The van der Waals surface area contributed by atoms with E-state index in [0.29, 0.717) is 19.4 Å². The molecule has 0 radical (unpaired) electrons. The van der Waals surface area contributed by atoms with Crippen molar-refractivity contribution in [3.05, 3.63) is 23.8 Å². The molecule has 0 aromatic rings. The number of esters is 1. The van der Waals surface area contributed by atoms with Gasteiger partial charge in [0.25, 0.3) is 0 Å². The number of ether oxygens (including phenoxy) is 3. The van der Waals surface area contributed by atoms with Crippen molar-refractivity contribution in [3.8, 4) is 0 Å². The van der Waals surface area contributed by atoms with Crippen LogP contribution in [0.5, 0.6) is 0 Å². The Morgan fingerprint density at radius 2 is 2.00 bits per heavy atom. The summed E-state index contributed by atoms with van der Waals surface area (Å²) in [5.41, 5.74) is 1.15. The van der Waals surface area contributed by atoms with Gasteiger partial charge in [0.15, 0.2) is 0 Å². The van der Waals surface area contributed by atoms with Gasteiger partial charge in [-0.25, -0.2) is 0 Å². The molecular weight excluding hydrogens is 344 g/mol. The van der Waals surface area contributed by atoms with Gasteiger partial charge in [-0.2, -0.15) is 0 Å². The van der Waals surface area contributed by atoms with Crippen LogP contribution in [0.3, 0.4) is 0 Å². The Morgan fingerprint density at radius 3 is 2.63 bits per heavy atom. The first-order valence-electron chi connectivity index (χ1n) is 10.3. The molecule has 1 aliphatic carbocycles. The van der Waals surface area contributed by atoms with Gasteiger partial charge in [0.2, 0.25) is 0 Å². The van der Waals surface area contributed by atoms with Crippen molar-refractivity contribution >= 4 is 5.97 Å². The van der Waals surface area contributed by atoms with E-state index in [4.69, 9.17) is 14.2 Å². The molecule has 5 heteroatoms. The lowest BCUT2D eigenvalue weighted by molar-refractivity contribution is -0.153. The molecule has 2 aliphatic rings. The number of hydrogen-bond donors (Lipinski definition) is 1. The highest BCUT2D eigenvalue weighted by molar-refractivity contribution is 5.70. The van der Waals surface area contributed by atoms with E-state index >= 15 is 0 Å². The molecule has 1 N–H and O–H groups in total. The lowest BCUT2D eigenvalue weighted by Crippen LogP contribution is -2.33. The minimum absolute atomic E-state index is 0.0426. The van der Waals surface area contributed by atoms with Gasteiger partial charge in [0.05, 0.1) is 24.7 Å². The van der Waals surface area contributed by atoms with E-state index < -0.39 is 0 Å². The third-order valence-electron chi connectivity index (χ3n) is 5.66. The third kappa shape index (κ3) is 6.74. The number of hydrogen-bond acceptors (Lipinski definition) is 5. The predicted octanol–water partition coefficient (Wildman–Crippen LogP) is 3.80. The quantitative estimate of drug-likeness (QED) is 0.561. The zero-order chi connectivity index (χ0) is 19.8. The zero-order valence-corrected chi connectivity index (χ0v) is 17.2. The maximum Gasteiger partial charge on any atom is 0.306 e. The molecule has 4 atom stereocenters. The van der Waals surface area contributed by atoms with E-state index in [9.17, 15) is 9.90 Å². The summed E-state index contributed by atoms with van der Waals surface area (Å²) >= 11 is 0. The van der Waals surface area contributed by atoms with E-state index in [0.717, 1.165) is 31.3 Å². The number of cyclic esters (lactones) is 1. The molecule has 2 rings (SSSR count). The van der Waals surface area contributed by atoms with Gasteiger partial charge in [0, 0.05) is 32.0 Å². The fourth-order valence-corrected chi connectivity index (χ4v) is 4.15. The lowest BCUT2D eigenvalue weighted by Gasteiger charge is -2.33. The fraction of sp³-hybridized carbons (Fsp3) is 0.773. The first-order valence-corrected chi connectivity index (χ1v) is 10.3. The molecule has 0 amide bonds. The Kier molecular flexibility index (Phi) is 9.00. The van der Waals surface area contributed by atoms with E-state index in [1.165, 1.54) is 0 Å². The van der Waals surface area contributed by atoms with Gasteiger partial charge in [0.1, 0.15) is 6.10 Å². The molecule has 0 saturated heterocycles. The van der Waals surface area contributed by atoms with Crippen molar-refractivity contribution in [3.63, 3.8) is 0 Å². The number of aliphatic hydroxyl groups is 1. The van der Waals surface area contributed by atoms with Crippen molar-refractivity contribution in [1.29, 1.82) is 0 Å². The highest BCUT2D eigenvalue weighted by atomic mass is 16.5. The second-order valence-corrected chi connectivity index (χ2v) is 7.96. The normalized spacial score (nSPS) is 37.8. The summed E-state index contributed by atoms with van der Waals surface area (Å²) in [7, 11) is 1.66. The Labute approximate surface area is 163 Å². The molecule has 1 aliphatic heterocycles. The van der Waals surface area contributed by atoms with E-state index in [1.54, 1.807) is 7.11 Å². The van der Waals surface area contributed by atoms with Crippen molar-refractivity contribution in [2.75, 3.05) is 13.7 Å². The SMILES string of the molecule is C/C=C\[C@@H]1CC(=O)O[C@H](CCOC)[C@H](C)/C=C(\C)C1OC1CCC(O)CC1. The van der Waals surface area contributed by atoms with Crippen LogP contribution >= 0.6 is 0 Å². The van der Waals surface area contributed by atoms with E-state index in [-0.39, 0.29) is 42.2 Å². The largest absolute Gasteiger partial charge is 0.462 e. The van der Waals surface area contributed by atoms with Crippen molar-refractivity contribution < 1.29 is 24.1 Å². The Balaban J connectivity index is 2.21. The predicted molar refractivity (Wildman–Crippen MR) is 105 cm³/mol. The van der Waals surface area contributed by atoms with Gasteiger partial charge < -0.3 is 19.3 Å². The molecule has 0 aromatic heterocycles. The first-order chi connectivity index (χ1) is 12.9.